The summed E-state index contributed by atoms with van der Waals surface area (Å²) in [5, 5.41) is 13.0. The highest BCUT2D eigenvalue weighted by Gasteiger charge is 2.35. The van der Waals surface area contributed by atoms with Crippen LogP contribution in [0.3, 0.4) is 0 Å². The first-order valence-corrected chi connectivity index (χ1v) is 7.68. The smallest absolute Gasteiger partial charge is 0.307 e. The van der Waals surface area contributed by atoms with Crippen molar-refractivity contribution < 1.29 is 19.4 Å². The Hall–Kier alpha value is -1.46. The van der Waals surface area contributed by atoms with Crippen LogP contribution in [-0.4, -0.2) is 31.8 Å². The van der Waals surface area contributed by atoms with Crippen molar-refractivity contribution in [1.29, 1.82) is 0 Å². The molecule has 2 atom stereocenters. The van der Waals surface area contributed by atoms with Gasteiger partial charge >= 0.3 is 5.97 Å². The Morgan fingerprint density at radius 2 is 2.09 bits per heavy atom. The molecule has 0 saturated carbocycles. The Kier molecular flexibility index (Phi) is 5.19. The zero-order valence-electron chi connectivity index (χ0n) is 13.3. The highest BCUT2D eigenvalue weighted by atomic mass is 35.5. The number of rotatable bonds is 5. The summed E-state index contributed by atoms with van der Waals surface area (Å²) < 4.78 is 10.9. The van der Waals surface area contributed by atoms with Crippen molar-refractivity contribution in [3.05, 3.63) is 22.2 Å². The van der Waals surface area contributed by atoms with Crippen molar-refractivity contribution in [3.63, 3.8) is 0 Å². The van der Waals surface area contributed by atoms with Crippen LogP contribution in [0.15, 0.2) is 6.07 Å². The van der Waals surface area contributed by atoms with E-state index < -0.39 is 11.9 Å². The van der Waals surface area contributed by atoms with Gasteiger partial charge < -0.3 is 19.9 Å². The fourth-order valence-corrected chi connectivity index (χ4v) is 3.39. The SMILES string of the molecule is COc1cc(C(C)C)c(Cl)c(C2CC(C(=O)O)CN2)c1OC. The van der Waals surface area contributed by atoms with E-state index in [-0.39, 0.29) is 12.0 Å². The van der Waals surface area contributed by atoms with E-state index in [4.69, 9.17) is 21.1 Å². The molecule has 22 heavy (non-hydrogen) atoms. The molecule has 1 aliphatic heterocycles. The lowest BCUT2D eigenvalue weighted by molar-refractivity contribution is -0.141. The molecule has 1 aliphatic rings. The van der Waals surface area contributed by atoms with Crippen molar-refractivity contribution in [2.24, 2.45) is 5.92 Å². The number of methoxy groups -OCH3 is 2. The largest absolute Gasteiger partial charge is 0.493 e. The highest BCUT2D eigenvalue weighted by Crippen LogP contribution is 2.46. The lowest BCUT2D eigenvalue weighted by Crippen LogP contribution is -2.18. The first-order chi connectivity index (χ1) is 10.4. The summed E-state index contributed by atoms with van der Waals surface area (Å²) in [4.78, 5) is 11.2. The van der Waals surface area contributed by atoms with Crippen LogP contribution in [0.4, 0.5) is 0 Å². The van der Waals surface area contributed by atoms with E-state index in [1.165, 1.54) is 0 Å². The number of hydrogen-bond acceptors (Lipinski definition) is 4. The van der Waals surface area contributed by atoms with E-state index in [1.54, 1.807) is 14.2 Å². The lowest BCUT2D eigenvalue weighted by atomic mass is 9.93. The molecule has 2 unspecified atom stereocenters. The molecular formula is C16H22ClNO4. The standard InChI is InChI=1S/C16H22ClNO4/c1-8(2)10-6-12(21-3)15(22-4)13(14(10)17)11-5-9(7-18-11)16(19)20/h6,8-9,11,18H,5,7H2,1-4H3,(H,19,20). The molecule has 1 saturated heterocycles. The molecule has 2 rings (SSSR count). The minimum absolute atomic E-state index is 0.156. The van der Waals surface area contributed by atoms with Gasteiger partial charge in [-0.25, -0.2) is 0 Å². The number of hydrogen-bond donors (Lipinski definition) is 2. The fraction of sp³-hybridized carbons (Fsp3) is 0.562. The lowest BCUT2D eigenvalue weighted by Gasteiger charge is -2.23. The number of carboxylic acids is 1. The van der Waals surface area contributed by atoms with Crippen LogP contribution < -0.4 is 14.8 Å². The van der Waals surface area contributed by atoms with E-state index in [1.807, 2.05) is 6.07 Å². The summed E-state index contributed by atoms with van der Waals surface area (Å²) in [5.41, 5.74) is 1.76. The predicted octanol–water partition coefficient (Wildman–Crippen LogP) is 3.22. The van der Waals surface area contributed by atoms with Gasteiger partial charge in [0.2, 0.25) is 0 Å². The van der Waals surface area contributed by atoms with Gasteiger partial charge in [-0.05, 0) is 24.0 Å². The van der Waals surface area contributed by atoms with Crippen LogP contribution >= 0.6 is 11.6 Å². The first-order valence-electron chi connectivity index (χ1n) is 7.31. The Morgan fingerprint density at radius 3 is 2.55 bits per heavy atom. The van der Waals surface area contributed by atoms with Crippen molar-refractivity contribution in [1.82, 2.24) is 5.32 Å². The average molecular weight is 328 g/mol. The van der Waals surface area contributed by atoms with Gasteiger partial charge in [-0.1, -0.05) is 25.4 Å². The molecule has 1 fully saturated rings. The molecule has 0 amide bonds. The normalized spacial score (nSPS) is 21.2. The predicted molar refractivity (Wildman–Crippen MR) is 85.1 cm³/mol. The maximum absolute atomic E-state index is 11.2. The maximum atomic E-state index is 11.2. The minimum atomic E-state index is -0.794. The molecule has 0 spiro atoms. The van der Waals surface area contributed by atoms with Crippen LogP contribution in [0.1, 0.15) is 43.4 Å². The van der Waals surface area contributed by atoms with Gasteiger partial charge in [-0.2, -0.15) is 0 Å². The van der Waals surface area contributed by atoms with Crippen LogP contribution in [0.25, 0.3) is 0 Å². The Morgan fingerprint density at radius 1 is 1.41 bits per heavy atom. The second-order valence-electron chi connectivity index (χ2n) is 5.82. The average Bonchev–Trinajstić information content (AvgIpc) is 2.95. The highest BCUT2D eigenvalue weighted by molar-refractivity contribution is 6.32. The van der Waals surface area contributed by atoms with Gasteiger partial charge in [0.1, 0.15) is 0 Å². The van der Waals surface area contributed by atoms with E-state index in [2.05, 4.69) is 19.2 Å². The monoisotopic (exact) mass is 327 g/mol. The molecule has 1 heterocycles. The zero-order valence-corrected chi connectivity index (χ0v) is 14.0. The van der Waals surface area contributed by atoms with Gasteiger partial charge in [-0.15, -0.1) is 0 Å². The van der Waals surface area contributed by atoms with Crippen molar-refractivity contribution >= 4 is 17.6 Å². The second kappa shape index (κ2) is 6.75. The summed E-state index contributed by atoms with van der Waals surface area (Å²) in [6, 6.07) is 1.73. The third-order valence-corrected chi connectivity index (χ3v) is 4.54. The minimum Gasteiger partial charge on any atom is -0.493 e. The van der Waals surface area contributed by atoms with Gasteiger partial charge in [0, 0.05) is 18.2 Å². The molecule has 1 aromatic carbocycles. The third kappa shape index (κ3) is 3.01. The number of benzene rings is 1. The number of aliphatic carboxylic acids is 1. The molecular weight excluding hydrogens is 306 g/mol. The van der Waals surface area contributed by atoms with Crippen LogP contribution in [-0.2, 0) is 4.79 Å². The molecule has 0 bridgehead atoms. The third-order valence-electron chi connectivity index (χ3n) is 4.12. The number of carbonyl (C=O) groups is 1. The van der Waals surface area contributed by atoms with Gasteiger partial charge in [0.05, 0.1) is 25.2 Å². The van der Waals surface area contributed by atoms with E-state index in [0.717, 1.165) is 11.1 Å². The molecule has 122 valence electrons. The maximum Gasteiger partial charge on any atom is 0.307 e. The number of ether oxygens (including phenoxy) is 2. The zero-order chi connectivity index (χ0) is 16.4. The number of carboxylic acid groups (broad SMARTS) is 1. The summed E-state index contributed by atoms with van der Waals surface area (Å²) in [7, 11) is 3.15. The Bertz CT molecular complexity index is 574. The van der Waals surface area contributed by atoms with Crippen molar-refractivity contribution in [2.45, 2.75) is 32.2 Å². The van der Waals surface area contributed by atoms with E-state index in [0.29, 0.717) is 29.5 Å². The fourth-order valence-electron chi connectivity index (χ4n) is 2.90. The summed E-state index contributed by atoms with van der Waals surface area (Å²) in [6.45, 7) is 4.53. The van der Waals surface area contributed by atoms with Crippen LogP contribution in [0.5, 0.6) is 11.5 Å². The topological polar surface area (TPSA) is 67.8 Å². The second-order valence-corrected chi connectivity index (χ2v) is 6.19. The molecule has 1 aromatic rings. The van der Waals surface area contributed by atoms with Gasteiger partial charge in [0.25, 0.3) is 0 Å². The first kappa shape index (κ1) is 16.9. The van der Waals surface area contributed by atoms with Crippen molar-refractivity contribution in [3.8, 4) is 11.5 Å². The van der Waals surface area contributed by atoms with Gasteiger partial charge in [-0.3, -0.25) is 4.79 Å². The number of nitrogens with one attached hydrogen (secondary N) is 1. The number of halogens is 1. The Balaban J connectivity index is 2.53. The summed E-state index contributed by atoms with van der Waals surface area (Å²) in [6.07, 6.45) is 0.482. The van der Waals surface area contributed by atoms with E-state index in [9.17, 15) is 9.90 Å². The van der Waals surface area contributed by atoms with Crippen LogP contribution in [0.2, 0.25) is 5.02 Å². The summed E-state index contributed by atoms with van der Waals surface area (Å²) in [5.74, 6) is 0.200. The van der Waals surface area contributed by atoms with Crippen molar-refractivity contribution in [2.75, 3.05) is 20.8 Å². The molecule has 0 radical (unpaired) electrons. The van der Waals surface area contributed by atoms with Crippen LogP contribution in [0, 0.1) is 5.92 Å². The molecule has 5 nitrogen and oxygen atoms in total. The summed E-state index contributed by atoms with van der Waals surface area (Å²) >= 11 is 6.60. The van der Waals surface area contributed by atoms with Gasteiger partial charge in [0.15, 0.2) is 11.5 Å². The molecule has 2 N–H and O–H groups in total. The molecule has 0 aromatic heterocycles. The quantitative estimate of drug-likeness (QED) is 0.869. The van der Waals surface area contributed by atoms with E-state index >= 15 is 0 Å². The Labute approximate surface area is 135 Å². The molecule has 0 aliphatic carbocycles. The molecule has 6 heteroatoms.